The van der Waals surface area contributed by atoms with Crippen LogP contribution in [0.4, 0.5) is 10.1 Å². The standard InChI is InChI=1S/C16H22FN3O2/c1-19(2)12-5-6-13(14(17)9-12)16(22)20-7-3-4-11(10-20)8-15(18)21/h5-6,9,11H,3-4,7-8,10H2,1-2H3,(H2,18,21)/t11-/m0/s1. The second kappa shape index (κ2) is 6.77. The lowest BCUT2D eigenvalue weighted by atomic mass is 9.94. The highest BCUT2D eigenvalue weighted by atomic mass is 19.1. The number of rotatable bonds is 4. The fourth-order valence-corrected chi connectivity index (χ4v) is 2.83. The summed E-state index contributed by atoms with van der Waals surface area (Å²) in [7, 11) is 3.63. The van der Waals surface area contributed by atoms with Crippen molar-refractivity contribution >= 4 is 17.5 Å². The van der Waals surface area contributed by atoms with Crippen LogP contribution in [-0.4, -0.2) is 43.9 Å². The molecule has 5 nitrogen and oxygen atoms in total. The lowest BCUT2D eigenvalue weighted by Gasteiger charge is -2.32. The Labute approximate surface area is 129 Å². The number of carbonyl (C=O) groups is 2. The molecule has 1 aromatic carbocycles. The van der Waals surface area contributed by atoms with Gasteiger partial charge in [0.1, 0.15) is 5.82 Å². The number of benzene rings is 1. The van der Waals surface area contributed by atoms with Gasteiger partial charge in [-0.25, -0.2) is 4.39 Å². The van der Waals surface area contributed by atoms with Crippen molar-refractivity contribution in [3.05, 3.63) is 29.6 Å². The second-order valence-electron chi connectivity index (χ2n) is 5.99. The normalized spacial score (nSPS) is 18.1. The molecule has 0 bridgehead atoms. The first kappa shape index (κ1) is 16.3. The van der Waals surface area contributed by atoms with Gasteiger partial charge < -0.3 is 15.5 Å². The summed E-state index contributed by atoms with van der Waals surface area (Å²) < 4.78 is 14.2. The summed E-state index contributed by atoms with van der Waals surface area (Å²) in [5.74, 6) is -1.13. The number of nitrogens with zero attached hydrogens (tertiary/aromatic N) is 2. The molecule has 0 saturated carbocycles. The molecule has 0 aliphatic carbocycles. The van der Waals surface area contributed by atoms with Crippen molar-refractivity contribution in [3.8, 4) is 0 Å². The Kier molecular flexibility index (Phi) is 5.00. The minimum Gasteiger partial charge on any atom is -0.378 e. The van der Waals surface area contributed by atoms with E-state index >= 15 is 0 Å². The molecule has 0 aromatic heterocycles. The maximum absolute atomic E-state index is 14.2. The van der Waals surface area contributed by atoms with Crippen molar-refractivity contribution < 1.29 is 14.0 Å². The number of hydrogen-bond acceptors (Lipinski definition) is 3. The van der Waals surface area contributed by atoms with Crippen molar-refractivity contribution in [2.75, 3.05) is 32.1 Å². The summed E-state index contributed by atoms with van der Waals surface area (Å²) in [6.07, 6.45) is 1.95. The van der Waals surface area contributed by atoms with E-state index in [1.807, 2.05) is 14.1 Å². The van der Waals surface area contributed by atoms with Crippen molar-refractivity contribution in [2.45, 2.75) is 19.3 Å². The molecule has 1 aromatic rings. The van der Waals surface area contributed by atoms with Gasteiger partial charge in [-0.15, -0.1) is 0 Å². The molecular weight excluding hydrogens is 285 g/mol. The summed E-state index contributed by atoms with van der Waals surface area (Å²) in [6.45, 7) is 1.04. The van der Waals surface area contributed by atoms with Crippen LogP contribution in [0.25, 0.3) is 0 Å². The zero-order valence-corrected chi connectivity index (χ0v) is 13.0. The van der Waals surface area contributed by atoms with Crippen LogP contribution < -0.4 is 10.6 Å². The Morgan fingerprint density at radius 1 is 1.41 bits per heavy atom. The third-order valence-corrected chi connectivity index (χ3v) is 4.00. The summed E-state index contributed by atoms with van der Waals surface area (Å²) in [4.78, 5) is 26.9. The molecule has 1 atom stereocenters. The van der Waals surface area contributed by atoms with Gasteiger partial charge in [-0.3, -0.25) is 9.59 Å². The van der Waals surface area contributed by atoms with Gasteiger partial charge in [0.2, 0.25) is 5.91 Å². The molecule has 1 heterocycles. The number of piperidine rings is 1. The first-order valence-corrected chi connectivity index (χ1v) is 7.43. The van der Waals surface area contributed by atoms with Gasteiger partial charge in [-0.1, -0.05) is 0 Å². The van der Waals surface area contributed by atoms with Gasteiger partial charge >= 0.3 is 0 Å². The van der Waals surface area contributed by atoms with E-state index in [4.69, 9.17) is 5.73 Å². The van der Waals surface area contributed by atoms with Gasteiger partial charge in [0, 0.05) is 39.3 Å². The lowest BCUT2D eigenvalue weighted by Crippen LogP contribution is -2.41. The number of amides is 2. The zero-order chi connectivity index (χ0) is 16.3. The van der Waals surface area contributed by atoms with E-state index in [1.54, 1.807) is 15.9 Å². The molecule has 2 N–H and O–H groups in total. The highest BCUT2D eigenvalue weighted by Crippen LogP contribution is 2.23. The van der Waals surface area contributed by atoms with Crippen LogP contribution in [0.1, 0.15) is 29.6 Å². The number of primary amides is 1. The fourth-order valence-electron chi connectivity index (χ4n) is 2.83. The maximum atomic E-state index is 14.2. The van der Waals surface area contributed by atoms with Crippen LogP contribution in [-0.2, 0) is 4.79 Å². The molecule has 22 heavy (non-hydrogen) atoms. The largest absolute Gasteiger partial charge is 0.378 e. The number of carbonyl (C=O) groups excluding carboxylic acids is 2. The Hall–Kier alpha value is -2.11. The Morgan fingerprint density at radius 3 is 2.73 bits per heavy atom. The van der Waals surface area contributed by atoms with Crippen molar-refractivity contribution in [1.29, 1.82) is 0 Å². The number of halogens is 1. The van der Waals surface area contributed by atoms with Crippen molar-refractivity contribution in [3.63, 3.8) is 0 Å². The number of anilines is 1. The molecule has 0 unspecified atom stereocenters. The summed E-state index contributed by atoms with van der Waals surface area (Å²) in [6, 6.07) is 4.60. The average Bonchev–Trinajstić information content (AvgIpc) is 2.46. The smallest absolute Gasteiger partial charge is 0.256 e. The van der Waals surface area contributed by atoms with E-state index < -0.39 is 5.82 Å². The highest BCUT2D eigenvalue weighted by molar-refractivity contribution is 5.95. The zero-order valence-electron chi connectivity index (χ0n) is 13.0. The minimum absolute atomic E-state index is 0.0688. The van der Waals surface area contributed by atoms with Gasteiger partial charge in [0.25, 0.3) is 5.91 Å². The van der Waals surface area contributed by atoms with Gasteiger partial charge in [0.15, 0.2) is 0 Å². The highest BCUT2D eigenvalue weighted by Gasteiger charge is 2.27. The third kappa shape index (κ3) is 3.75. The summed E-state index contributed by atoms with van der Waals surface area (Å²) >= 11 is 0. The molecule has 120 valence electrons. The van der Waals surface area contributed by atoms with Crippen LogP contribution in [0.5, 0.6) is 0 Å². The average molecular weight is 307 g/mol. The molecule has 0 spiro atoms. The molecule has 6 heteroatoms. The van der Waals surface area contributed by atoms with Gasteiger partial charge in [-0.2, -0.15) is 0 Å². The van der Waals surface area contributed by atoms with Gasteiger partial charge in [-0.05, 0) is 37.0 Å². The fraction of sp³-hybridized carbons (Fsp3) is 0.500. The topological polar surface area (TPSA) is 66.6 Å². The first-order chi connectivity index (χ1) is 10.4. The van der Waals surface area contributed by atoms with Crippen molar-refractivity contribution in [1.82, 2.24) is 4.90 Å². The third-order valence-electron chi connectivity index (χ3n) is 4.00. The number of hydrogen-bond donors (Lipinski definition) is 1. The Balaban J connectivity index is 2.12. The van der Waals surface area contributed by atoms with E-state index in [9.17, 15) is 14.0 Å². The van der Waals surface area contributed by atoms with Crippen molar-refractivity contribution in [2.24, 2.45) is 11.7 Å². The first-order valence-electron chi connectivity index (χ1n) is 7.43. The molecular formula is C16H22FN3O2. The lowest BCUT2D eigenvalue weighted by molar-refractivity contribution is -0.119. The summed E-state index contributed by atoms with van der Waals surface area (Å²) in [5, 5.41) is 0. The molecule has 1 saturated heterocycles. The number of nitrogens with two attached hydrogens (primary N) is 1. The molecule has 1 aliphatic rings. The Morgan fingerprint density at radius 2 is 2.14 bits per heavy atom. The van der Waals surface area contributed by atoms with Crippen LogP contribution in [0.2, 0.25) is 0 Å². The predicted molar refractivity (Wildman–Crippen MR) is 83.2 cm³/mol. The predicted octanol–water partition coefficient (Wildman–Crippen LogP) is 1.62. The van der Waals surface area contributed by atoms with E-state index in [0.29, 0.717) is 18.8 Å². The van der Waals surface area contributed by atoms with E-state index in [2.05, 4.69) is 0 Å². The van der Waals surface area contributed by atoms with E-state index in [0.717, 1.165) is 12.8 Å². The quantitative estimate of drug-likeness (QED) is 0.919. The summed E-state index contributed by atoms with van der Waals surface area (Å²) in [5.41, 5.74) is 6.00. The maximum Gasteiger partial charge on any atom is 0.256 e. The van der Waals surface area contributed by atoms with Crippen LogP contribution in [0, 0.1) is 11.7 Å². The van der Waals surface area contributed by atoms with E-state index in [-0.39, 0.29) is 29.7 Å². The van der Waals surface area contributed by atoms with Crippen LogP contribution >= 0.6 is 0 Å². The second-order valence-corrected chi connectivity index (χ2v) is 5.99. The molecule has 2 rings (SSSR count). The molecule has 0 radical (unpaired) electrons. The SMILES string of the molecule is CN(C)c1ccc(C(=O)N2CCC[C@@H](CC(N)=O)C2)c(F)c1. The van der Waals surface area contributed by atoms with Crippen LogP contribution in [0.15, 0.2) is 18.2 Å². The van der Waals surface area contributed by atoms with Crippen LogP contribution in [0.3, 0.4) is 0 Å². The molecule has 1 aliphatic heterocycles. The minimum atomic E-state index is -0.520. The monoisotopic (exact) mass is 307 g/mol. The number of likely N-dealkylation sites (tertiary alicyclic amines) is 1. The molecule has 1 fully saturated rings. The molecule has 2 amide bonds. The van der Waals surface area contributed by atoms with E-state index in [1.165, 1.54) is 12.1 Å². The van der Waals surface area contributed by atoms with Gasteiger partial charge in [0.05, 0.1) is 5.56 Å². The Bertz CT molecular complexity index is 575.